The van der Waals surface area contributed by atoms with Gasteiger partial charge in [-0.1, -0.05) is 30.3 Å². The molecule has 1 aromatic carbocycles. The highest BCUT2D eigenvalue weighted by molar-refractivity contribution is 7.99. The van der Waals surface area contributed by atoms with Gasteiger partial charge >= 0.3 is 0 Å². The molecular weight excluding hydrogens is 312 g/mol. The highest BCUT2D eigenvalue weighted by Crippen LogP contribution is 2.27. The molecule has 1 fully saturated rings. The number of oxazole rings is 1. The minimum Gasteiger partial charge on any atom is -0.441 e. The molecule has 1 aliphatic heterocycles. The summed E-state index contributed by atoms with van der Waals surface area (Å²) in [5, 5.41) is 13.0. The first-order chi connectivity index (χ1) is 11.1. The van der Waals surface area contributed by atoms with E-state index in [1.165, 1.54) is 0 Å². The lowest BCUT2D eigenvalue weighted by molar-refractivity contribution is -0.122. The Morgan fingerprint density at radius 1 is 1.39 bits per heavy atom. The summed E-state index contributed by atoms with van der Waals surface area (Å²) in [4.78, 5) is 16.1. The normalized spacial score (nSPS) is 20.6. The fourth-order valence-corrected chi connectivity index (χ4v) is 3.76. The summed E-state index contributed by atoms with van der Waals surface area (Å²) in [6, 6.07) is 9.74. The van der Waals surface area contributed by atoms with Gasteiger partial charge in [0.25, 0.3) is 0 Å². The lowest BCUT2D eigenvalue weighted by atomic mass is 10.0. The van der Waals surface area contributed by atoms with Crippen LogP contribution in [0.15, 0.2) is 40.9 Å². The van der Waals surface area contributed by atoms with Crippen molar-refractivity contribution >= 4 is 17.7 Å². The molecular formula is C17H20N2O3S. The van der Waals surface area contributed by atoms with E-state index in [4.69, 9.17) is 4.42 Å². The first kappa shape index (κ1) is 16.1. The topological polar surface area (TPSA) is 75.4 Å². The van der Waals surface area contributed by atoms with Gasteiger partial charge < -0.3 is 14.8 Å². The van der Waals surface area contributed by atoms with Crippen molar-refractivity contribution in [2.24, 2.45) is 0 Å². The average molecular weight is 332 g/mol. The Kier molecular flexibility index (Phi) is 5.03. The maximum absolute atomic E-state index is 11.9. The molecule has 23 heavy (non-hydrogen) atoms. The van der Waals surface area contributed by atoms with Crippen molar-refractivity contribution < 1.29 is 14.3 Å². The zero-order valence-electron chi connectivity index (χ0n) is 12.8. The van der Waals surface area contributed by atoms with Gasteiger partial charge in [-0.05, 0) is 12.2 Å². The van der Waals surface area contributed by atoms with E-state index in [2.05, 4.69) is 10.3 Å². The Labute approximate surface area is 139 Å². The third-order valence-electron chi connectivity index (χ3n) is 3.87. The number of carbonyl (C=O) groups is 1. The Morgan fingerprint density at radius 3 is 2.96 bits per heavy atom. The number of aromatic nitrogens is 1. The SMILES string of the molecule is O=C(CCc1ncc(-c2ccccc2)o1)NCC1(O)CCSC1. The largest absolute Gasteiger partial charge is 0.441 e. The molecule has 0 radical (unpaired) electrons. The Morgan fingerprint density at radius 2 is 2.22 bits per heavy atom. The van der Waals surface area contributed by atoms with E-state index in [1.807, 2.05) is 30.3 Å². The predicted octanol–water partition coefficient (Wildman–Crippen LogP) is 2.26. The Bertz CT molecular complexity index is 651. The van der Waals surface area contributed by atoms with Crippen LogP contribution in [0.1, 0.15) is 18.7 Å². The monoisotopic (exact) mass is 332 g/mol. The number of aryl methyl sites for hydroxylation is 1. The molecule has 2 N–H and O–H groups in total. The van der Waals surface area contributed by atoms with Gasteiger partial charge in [0.05, 0.1) is 11.8 Å². The molecule has 0 bridgehead atoms. The minimum absolute atomic E-state index is 0.0882. The summed E-state index contributed by atoms with van der Waals surface area (Å²) in [5.74, 6) is 2.81. The second-order valence-corrected chi connectivity index (χ2v) is 6.89. The molecule has 0 spiro atoms. The number of nitrogens with zero attached hydrogens (tertiary/aromatic N) is 1. The molecule has 1 aliphatic rings. The van der Waals surface area contributed by atoms with Crippen molar-refractivity contribution in [3.05, 3.63) is 42.4 Å². The van der Waals surface area contributed by atoms with Gasteiger partial charge in [-0.3, -0.25) is 4.79 Å². The van der Waals surface area contributed by atoms with Crippen LogP contribution in [0.2, 0.25) is 0 Å². The molecule has 0 saturated carbocycles. The number of amides is 1. The van der Waals surface area contributed by atoms with E-state index < -0.39 is 5.60 Å². The average Bonchev–Trinajstić information content (AvgIpc) is 3.22. The molecule has 2 aromatic rings. The third kappa shape index (κ3) is 4.36. The van der Waals surface area contributed by atoms with Gasteiger partial charge in [0.1, 0.15) is 0 Å². The highest BCUT2D eigenvalue weighted by Gasteiger charge is 2.31. The summed E-state index contributed by atoms with van der Waals surface area (Å²) < 4.78 is 5.67. The van der Waals surface area contributed by atoms with Crippen molar-refractivity contribution in [2.45, 2.75) is 24.9 Å². The van der Waals surface area contributed by atoms with Crippen LogP contribution in [0.5, 0.6) is 0 Å². The molecule has 6 heteroatoms. The quantitative estimate of drug-likeness (QED) is 0.849. The first-order valence-electron chi connectivity index (χ1n) is 7.72. The molecule has 1 amide bonds. The van der Waals surface area contributed by atoms with Crippen LogP contribution in [0.3, 0.4) is 0 Å². The van der Waals surface area contributed by atoms with E-state index >= 15 is 0 Å². The zero-order valence-corrected chi connectivity index (χ0v) is 13.6. The molecule has 1 saturated heterocycles. The van der Waals surface area contributed by atoms with Crippen LogP contribution in [-0.2, 0) is 11.2 Å². The summed E-state index contributed by atoms with van der Waals surface area (Å²) in [6.07, 6.45) is 3.17. The predicted molar refractivity (Wildman–Crippen MR) is 90.2 cm³/mol. The molecule has 2 heterocycles. The van der Waals surface area contributed by atoms with Gasteiger partial charge in [0, 0.05) is 30.7 Å². The van der Waals surface area contributed by atoms with Crippen molar-refractivity contribution in [1.82, 2.24) is 10.3 Å². The van der Waals surface area contributed by atoms with Crippen LogP contribution >= 0.6 is 11.8 Å². The molecule has 3 rings (SSSR count). The number of nitrogens with one attached hydrogen (secondary N) is 1. The van der Waals surface area contributed by atoms with Crippen molar-refractivity contribution in [3.63, 3.8) is 0 Å². The third-order valence-corrected chi connectivity index (χ3v) is 5.11. The molecule has 5 nitrogen and oxygen atoms in total. The Balaban J connectivity index is 1.47. The van der Waals surface area contributed by atoms with E-state index in [0.29, 0.717) is 36.8 Å². The highest BCUT2D eigenvalue weighted by atomic mass is 32.2. The summed E-state index contributed by atoms with van der Waals surface area (Å²) in [7, 11) is 0. The molecule has 1 aromatic heterocycles. The maximum atomic E-state index is 11.9. The molecule has 122 valence electrons. The standard InChI is InChI=1S/C17H20N2O3S/c20-15(19-11-17(21)8-9-23-12-17)6-7-16-18-10-14(22-16)13-4-2-1-3-5-13/h1-5,10,21H,6-9,11-12H2,(H,19,20). The van der Waals surface area contributed by atoms with Gasteiger partial charge in [0.2, 0.25) is 5.91 Å². The van der Waals surface area contributed by atoms with Gasteiger partial charge in [0.15, 0.2) is 11.7 Å². The van der Waals surface area contributed by atoms with Crippen LogP contribution < -0.4 is 5.32 Å². The van der Waals surface area contributed by atoms with Crippen molar-refractivity contribution in [3.8, 4) is 11.3 Å². The number of benzene rings is 1. The van der Waals surface area contributed by atoms with Crippen molar-refractivity contribution in [1.29, 1.82) is 0 Å². The summed E-state index contributed by atoms with van der Waals surface area (Å²) in [5.41, 5.74) is 0.223. The van der Waals surface area contributed by atoms with Gasteiger partial charge in [-0.25, -0.2) is 4.98 Å². The van der Waals surface area contributed by atoms with Crippen molar-refractivity contribution in [2.75, 3.05) is 18.1 Å². The smallest absolute Gasteiger partial charge is 0.220 e. The van der Waals surface area contributed by atoms with Crippen LogP contribution in [0.25, 0.3) is 11.3 Å². The summed E-state index contributed by atoms with van der Waals surface area (Å²) in [6.45, 7) is 0.319. The number of hydrogen-bond acceptors (Lipinski definition) is 5. The fraction of sp³-hybridized carbons (Fsp3) is 0.412. The van der Waals surface area contributed by atoms with E-state index in [-0.39, 0.29) is 5.91 Å². The number of carbonyl (C=O) groups excluding carboxylic acids is 1. The second-order valence-electron chi connectivity index (χ2n) is 5.79. The Hall–Kier alpha value is -1.79. The van der Waals surface area contributed by atoms with Crippen LogP contribution in [0, 0.1) is 0 Å². The summed E-state index contributed by atoms with van der Waals surface area (Å²) >= 11 is 1.72. The van der Waals surface area contributed by atoms with E-state index in [1.54, 1.807) is 18.0 Å². The van der Waals surface area contributed by atoms with Crippen LogP contribution in [-0.4, -0.2) is 39.6 Å². The van der Waals surface area contributed by atoms with Crippen LogP contribution in [0.4, 0.5) is 0 Å². The molecule has 1 unspecified atom stereocenters. The minimum atomic E-state index is -0.746. The maximum Gasteiger partial charge on any atom is 0.220 e. The number of aliphatic hydroxyl groups is 1. The number of hydrogen-bond donors (Lipinski definition) is 2. The molecule has 0 aliphatic carbocycles. The van der Waals surface area contributed by atoms with Gasteiger partial charge in [-0.2, -0.15) is 11.8 Å². The number of rotatable bonds is 6. The van der Waals surface area contributed by atoms with E-state index in [0.717, 1.165) is 17.7 Å². The second kappa shape index (κ2) is 7.19. The first-order valence-corrected chi connectivity index (χ1v) is 8.87. The zero-order chi connectivity index (χ0) is 16.1. The number of thioether (sulfide) groups is 1. The van der Waals surface area contributed by atoms with Gasteiger partial charge in [-0.15, -0.1) is 0 Å². The lowest BCUT2D eigenvalue weighted by Crippen LogP contribution is -2.43. The molecule has 1 atom stereocenters. The van der Waals surface area contributed by atoms with E-state index in [9.17, 15) is 9.90 Å². The lowest BCUT2D eigenvalue weighted by Gasteiger charge is -2.21. The fourth-order valence-electron chi connectivity index (χ4n) is 2.47.